The maximum Gasteiger partial charge on any atom is 0.256 e. The standard InChI is InChI=1S/C17H20ClFN2O3/c1-20-8-9-24-17(11-15(20)22)4-6-21(7-5-17)16(23)13-10-12(18)2-3-14(13)19/h2-3,10H,4-9,11H2,1H3. The molecule has 0 radical (unpaired) electrons. The van der Waals surface area contributed by atoms with Gasteiger partial charge in [-0.3, -0.25) is 9.59 Å². The third-order valence-electron chi connectivity index (χ3n) is 4.85. The van der Waals surface area contributed by atoms with Crippen molar-refractivity contribution in [3.63, 3.8) is 0 Å². The van der Waals surface area contributed by atoms with Crippen LogP contribution >= 0.6 is 11.6 Å². The summed E-state index contributed by atoms with van der Waals surface area (Å²) in [5.74, 6) is -0.887. The monoisotopic (exact) mass is 354 g/mol. The molecule has 0 aromatic heterocycles. The molecule has 0 bridgehead atoms. The van der Waals surface area contributed by atoms with Crippen molar-refractivity contribution in [2.45, 2.75) is 24.9 Å². The van der Waals surface area contributed by atoms with Gasteiger partial charge in [-0.15, -0.1) is 0 Å². The van der Waals surface area contributed by atoms with Crippen LogP contribution in [0.3, 0.4) is 0 Å². The number of rotatable bonds is 1. The van der Waals surface area contributed by atoms with Crippen LogP contribution in [0.5, 0.6) is 0 Å². The summed E-state index contributed by atoms with van der Waals surface area (Å²) in [6, 6.07) is 3.97. The van der Waals surface area contributed by atoms with Crippen LogP contribution < -0.4 is 0 Å². The highest BCUT2D eigenvalue weighted by molar-refractivity contribution is 6.31. The topological polar surface area (TPSA) is 49.9 Å². The first-order valence-electron chi connectivity index (χ1n) is 8.02. The molecule has 5 nitrogen and oxygen atoms in total. The molecule has 24 heavy (non-hydrogen) atoms. The molecule has 2 heterocycles. The lowest BCUT2D eigenvalue weighted by Crippen LogP contribution is -2.49. The zero-order valence-electron chi connectivity index (χ0n) is 13.6. The van der Waals surface area contributed by atoms with E-state index >= 15 is 0 Å². The van der Waals surface area contributed by atoms with Crippen molar-refractivity contribution in [3.05, 3.63) is 34.6 Å². The number of hydrogen-bond donors (Lipinski definition) is 0. The molecule has 7 heteroatoms. The van der Waals surface area contributed by atoms with Crippen molar-refractivity contribution in [1.82, 2.24) is 9.80 Å². The van der Waals surface area contributed by atoms with Gasteiger partial charge in [-0.25, -0.2) is 4.39 Å². The fraction of sp³-hybridized carbons (Fsp3) is 0.529. The number of likely N-dealkylation sites (N-methyl/N-ethyl adjacent to an activating group) is 1. The molecule has 0 unspecified atom stereocenters. The number of amides is 2. The predicted molar refractivity (Wildman–Crippen MR) is 87.5 cm³/mol. The maximum absolute atomic E-state index is 13.9. The third kappa shape index (κ3) is 3.39. The van der Waals surface area contributed by atoms with Gasteiger partial charge in [-0.2, -0.15) is 0 Å². The number of piperidine rings is 1. The number of nitrogens with zero attached hydrogens (tertiary/aromatic N) is 2. The van der Waals surface area contributed by atoms with Crippen LogP contribution in [0, 0.1) is 5.82 Å². The number of hydrogen-bond acceptors (Lipinski definition) is 3. The zero-order chi connectivity index (χ0) is 17.3. The molecule has 2 saturated heterocycles. The molecule has 2 fully saturated rings. The van der Waals surface area contributed by atoms with Gasteiger partial charge < -0.3 is 14.5 Å². The van der Waals surface area contributed by atoms with Crippen LogP contribution in [0.25, 0.3) is 0 Å². The fourth-order valence-corrected chi connectivity index (χ4v) is 3.43. The molecule has 1 spiro atoms. The first-order chi connectivity index (χ1) is 11.4. The van der Waals surface area contributed by atoms with E-state index in [1.165, 1.54) is 18.2 Å². The Morgan fingerprint density at radius 1 is 1.29 bits per heavy atom. The van der Waals surface area contributed by atoms with Crippen LogP contribution in [-0.2, 0) is 9.53 Å². The highest BCUT2D eigenvalue weighted by Crippen LogP contribution is 2.32. The van der Waals surface area contributed by atoms with E-state index in [-0.39, 0.29) is 17.4 Å². The van der Waals surface area contributed by atoms with Crippen molar-refractivity contribution < 1.29 is 18.7 Å². The van der Waals surface area contributed by atoms with Crippen LogP contribution in [0.4, 0.5) is 4.39 Å². The molecule has 1 aromatic carbocycles. The van der Waals surface area contributed by atoms with E-state index in [1.54, 1.807) is 16.8 Å². The van der Waals surface area contributed by atoms with Crippen LogP contribution in [0.2, 0.25) is 5.02 Å². The summed E-state index contributed by atoms with van der Waals surface area (Å²) >= 11 is 5.86. The molecule has 2 aliphatic heterocycles. The summed E-state index contributed by atoms with van der Waals surface area (Å²) in [6.07, 6.45) is 1.47. The fourth-order valence-electron chi connectivity index (χ4n) is 3.26. The van der Waals surface area contributed by atoms with E-state index in [9.17, 15) is 14.0 Å². The highest BCUT2D eigenvalue weighted by atomic mass is 35.5. The van der Waals surface area contributed by atoms with Crippen LogP contribution in [0.1, 0.15) is 29.6 Å². The number of carbonyl (C=O) groups excluding carboxylic acids is 2. The normalized spacial score (nSPS) is 21.0. The van der Waals surface area contributed by atoms with Crippen molar-refractivity contribution in [2.75, 3.05) is 33.3 Å². The second-order valence-corrected chi connectivity index (χ2v) is 6.88. The summed E-state index contributed by atoms with van der Waals surface area (Å²) in [7, 11) is 1.77. The number of likely N-dealkylation sites (tertiary alicyclic amines) is 1. The van der Waals surface area contributed by atoms with E-state index in [0.29, 0.717) is 50.5 Å². The van der Waals surface area contributed by atoms with Gasteiger partial charge in [0.25, 0.3) is 5.91 Å². The Kier molecular flexibility index (Phi) is 4.78. The van der Waals surface area contributed by atoms with Gasteiger partial charge >= 0.3 is 0 Å². The summed E-state index contributed by atoms with van der Waals surface area (Å²) in [4.78, 5) is 27.9. The van der Waals surface area contributed by atoms with Gasteiger partial charge in [0.05, 0.1) is 24.2 Å². The Balaban J connectivity index is 1.69. The van der Waals surface area contributed by atoms with Crippen molar-refractivity contribution in [2.24, 2.45) is 0 Å². The predicted octanol–water partition coefficient (Wildman–Crippen LogP) is 2.33. The summed E-state index contributed by atoms with van der Waals surface area (Å²) in [5, 5.41) is 0.328. The number of ether oxygens (including phenoxy) is 1. The number of halogens is 2. The van der Waals surface area contributed by atoms with Crippen LogP contribution in [0.15, 0.2) is 18.2 Å². The van der Waals surface area contributed by atoms with Gasteiger partial charge in [0, 0.05) is 31.7 Å². The zero-order valence-corrected chi connectivity index (χ0v) is 14.3. The Bertz CT molecular complexity index is 659. The Hall–Kier alpha value is -1.66. The average Bonchev–Trinajstić information content (AvgIpc) is 2.69. The van der Waals surface area contributed by atoms with Crippen LogP contribution in [-0.4, -0.2) is 60.5 Å². The number of carbonyl (C=O) groups is 2. The van der Waals surface area contributed by atoms with Crippen molar-refractivity contribution in [3.8, 4) is 0 Å². The lowest BCUT2D eigenvalue weighted by Gasteiger charge is -2.40. The molecule has 0 N–H and O–H groups in total. The SMILES string of the molecule is CN1CCOC2(CCN(C(=O)c3cc(Cl)ccc3F)CC2)CC1=O. The van der Waals surface area contributed by atoms with Gasteiger partial charge in [0.1, 0.15) is 5.82 Å². The third-order valence-corrected chi connectivity index (χ3v) is 5.09. The molecule has 0 aliphatic carbocycles. The second-order valence-electron chi connectivity index (χ2n) is 6.44. The van der Waals surface area contributed by atoms with Gasteiger partial charge in [0.15, 0.2) is 0 Å². The van der Waals surface area contributed by atoms with E-state index in [4.69, 9.17) is 16.3 Å². The minimum atomic E-state index is -0.577. The second kappa shape index (κ2) is 6.69. The van der Waals surface area contributed by atoms with Gasteiger partial charge in [0.2, 0.25) is 5.91 Å². The first kappa shape index (κ1) is 17.2. The summed E-state index contributed by atoms with van der Waals surface area (Å²) in [6.45, 7) is 1.94. The summed E-state index contributed by atoms with van der Waals surface area (Å²) < 4.78 is 19.8. The average molecular weight is 355 g/mol. The Labute approximate surface area is 145 Å². The van der Waals surface area contributed by atoms with E-state index < -0.39 is 11.4 Å². The molecule has 130 valence electrons. The van der Waals surface area contributed by atoms with Crippen molar-refractivity contribution in [1.29, 1.82) is 0 Å². The van der Waals surface area contributed by atoms with Crippen molar-refractivity contribution >= 4 is 23.4 Å². The summed E-state index contributed by atoms with van der Waals surface area (Å²) in [5.41, 5.74) is -0.526. The highest BCUT2D eigenvalue weighted by Gasteiger charge is 2.41. The number of benzene rings is 1. The quantitative estimate of drug-likeness (QED) is 0.777. The van der Waals surface area contributed by atoms with E-state index in [2.05, 4.69) is 0 Å². The molecule has 3 rings (SSSR count). The van der Waals surface area contributed by atoms with Gasteiger partial charge in [-0.05, 0) is 31.0 Å². The molecule has 2 amide bonds. The van der Waals surface area contributed by atoms with E-state index in [0.717, 1.165) is 0 Å². The largest absolute Gasteiger partial charge is 0.372 e. The lowest BCUT2D eigenvalue weighted by atomic mass is 9.87. The Morgan fingerprint density at radius 2 is 2.00 bits per heavy atom. The first-order valence-corrected chi connectivity index (χ1v) is 8.40. The lowest BCUT2D eigenvalue weighted by molar-refractivity contribution is -0.134. The minimum absolute atomic E-state index is 0.0176. The Morgan fingerprint density at radius 3 is 2.71 bits per heavy atom. The van der Waals surface area contributed by atoms with Gasteiger partial charge in [-0.1, -0.05) is 11.6 Å². The molecular formula is C17H20ClFN2O3. The molecule has 0 saturated carbocycles. The maximum atomic E-state index is 13.9. The van der Waals surface area contributed by atoms with E-state index in [1.807, 2.05) is 0 Å². The smallest absolute Gasteiger partial charge is 0.256 e. The molecule has 2 aliphatic rings. The molecule has 0 atom stereocenters. The molecule has 1 aromatic rings. The molecular weight excluding hydrogens is 335 g/mol. The minimum Gasteiger partial charge on any atom is -0.372 e.